The molecule has 2 unspecified atom stereocenters. The Bertz CT molecular complexity index is 634. The lowest BCUT2D eigenvalue weighted by Gasteiger charge is -2.33. The molecule has 0 radical (unpaired) electrons. The van der Waals surface area contributed by atoms with E-state index in [2.05, 4.69) is 25.7 Å². The molecule has 1 N–H and O–H groups in total. The molecule has 4 nitrogen and oxygen atoms in total. The highest BCUT2D eigenvalue weighted by Crippen LogP contribution is 2.28. The lowest BCUT2D eigenvalue weighted by Crippen LogP contribution is -2.43. The number of hydrogen-bond acceptors (Lipinski definition) is 4. The number of rotatable bonds is 2. The van der Waals surface area contributed by atoms with Gasteiger partial charge >= 0.3 is 0 Å². The molecule has 1 aliphatic rings. The molecule has 6 heteroatoms. The lowest BCUT2D eigenvalue weighted by atomic mass is 10.2. The van der Waals surface area contributed by atoms with Crippen LogP contribution in [0.3, 0.4) is 0 Å². The molecule has 0 saturated carbocycles. The third kappa shape index (κ3) is 4.01. The number of benzene rings is 1. The third-order valence-electron chi connectivity index (χ3n) is 3.19. The van der Waals surface area contributed by atoms with Crippen LogP contribution >= 0.6 is 11.8 Å². The number of nitrogens with zero attached hydrogens (tertiary/aromatic N) is 1. The number of sulfonamides is 1. The Kier molecular flexibility index (Phi) is 5.33. The second kappa shape index (κ2) is 6.84. The standard InChI is InChI=1S/C15H19NO3S2/c1-12-10-16(11-13(2)20-12)21(18,19)15-7-5-14(6-8-15)4-3-9-17/h5-8,12-13,17H,9-11H2,1-2H3. The average Bonchev–Trinajstić information content (AvgIpc) is 2.44. The van der Waals surface area contributed by atoms with Crippen LogP contribution in [0.4, 0.5) is 0 Å². The molecule has 2 atom stereocenters. The van der Waals surface area contributed by atoms with Gasteiger partial charge in [0.05, 0.1) is 4.90 Å². The minimum Gasteiger partial charge on any atom is -0.384 e. The molecule has 1 aliphatic heterocycles. The zero-order valence-corrected chi connectivity index (χ0v) is 13.7. The third-order valence-corrected chi connectivity index (χ3v) is 6.26. The maximum Gasteiger partial charge on any atom is 0.243 e. The second-order valence-electron chi connectivity index (χ2n) is 5.06. The summed E-state index contributed by atoms with van der Waals surface area (Å²) < 4.78 is 26.9. The lowest BCUT2D eigenvalue weighted by molar-refractivity contribution is 0.350. The van der Waals surface area contributed by atoms with Crippen LogP contribution < -0.4 is 0 Å². The Hall–Kier alpha value is -1.00. The molecule has 1 heterocycles. The Morgan fingerprint density at radius 2 is 1.81 bits per heavy atom. The van der Waals surface area contributed by atoms with E-state index in [1.165, 1.54) is 0 Å². The predicted molar refractivity (Wildman–Crippen MR) is 85.7 cm³/mol. The highest BCUT2D eigenvalue weighted by atomic mass is 32.2. The normalized spacial score (nSPS) is 23.4. The van der Waals surface area contributed by atoms with Crippen LogP contribution in [0.25, 0.3) is 0 Å². The molecule has 1 fully saturated rings. The van der Waals surface area contributed by atoms with Crippen molar-refractivity contribution in [1.29, 1.82) is 0 Å². The molecule has 0 spiro atoms. The van der Waals surface area contributed by atoms with Gasteiger partial charge in [-0.1, -0.05) is 25.7 Å². The maximum atomic E-state index is 12.6. The van der Waals surface area contributed by atoms with Crippen molar-refractivity contribution in [3.63, 3.8) is 0 Å². The van der Waals surface area contributed by atoms with E-state index < -0.39 is 10.0 Å². The zero-order valence-electron chi connectivity index (χ0n) is 12.1. The number of aliphatic hydroxyl groups is 1. The fourth-order valence-corrected chi connectivity index (χ4v) is 5.46. The van der Waals surface area contributed by atoms with E-state index >= 15 is 0 Å². The minimum absolute atomic E-state index is 0.207. The number of hydrogen-bond donors (Lipinski definition) is 1. The molecular weight excluding hydrogens is 306 g/mol. The average molecular weight is 325 g/mol. The first-order valence-corrected chi connectivity index (χ1v) is 9.17. The summed E-state index contributed by atoms with van der Waals surface area (Å²) in [6.07, 6.45) is 0. The first-order valence-electron chi connectivity index (χ1n) is 6.79. The second-order valence-corrected chi connectivity index (χ2v) is 8.88. The minimum atomic E-state index is -3.44. The summed E-state index contributed by atoms with van der Waals surface area (Å²) in [4.78, 5) is 0.295. The molecule has 0 amide bonds. The van der Waals surface area contributed by atoms with E-state index in [0.717, 1.165) is 0 Å². The van der Waals surface area contributed by atoms with Crippen LogP contribution in [-0.4, -0.2) is 48.0 Å². The van der Waals surface area contributed by atoms with E-state index in [-0.39, 0.29) is 6.61 Å². The summed E-state index contributed by atoms with van der Waals surface area (Å²) in [6.45, 7) is 4.99. The van der Waals surface area contributed by atoms with Gasteiger partial charge in [0.1, 0.15) is 6.61 Å². The Labute approximate surface area is 130 Å². The van der Waals surface area contributed by atoms with Crippen molar-refractivity contribution in [2.75, 3.05) is 19.7 Å². The van der Waals surface area contributed by atoms with E-state index in [1.807, 2.05) is 11.8 Å². The van der Waals surface area contributed by atoms with Crippen LogP contribution in [0, 0.1) is 11.8 Å². The molecule has 1 saturated heterocycles. The van der Waals surface area contributed by atoms with Crippen molar-refractivity contribution >= 4 is 21.8 Å². The summed E-state index contributed by atoms with van der Waals surface area (Å²) in [6, 6.07) is 6.49. The van der Waals surface area contributed by atoms with Gasteiger partial charge in [0.2, 0.25) is 10.0 Å². The van der Waals surface area contributed by atoms with Gasteiger partial charge < -0.3 is 5.11 Å². The van der Waals surface area contributed by atoms with Crippen molar-refractivity contribution < 1.29 is 13.5 Å². The number of thioether (sulfide) groups is 1. The van der Waals surface area contributed by atoms with E-state index in [9.17, 15) is 8.42 Å². The van der Waals surface area contributed by atoms with E-state index in [4.69, 9.17) is 5.11 Å². The van der Waals surface area contributed by atoms with Crippen LogP contribution in [-0.2, 0) is 10.0 Å². The summed E-state index contributed by atoms with van der Waals surface area (Å²) in [5.41, 5.74) is 0.693. The van der Waals surface area contributed by atoms with Gasteiger partial charge in [-0.25, -0.2) is 8.42 Å². The first-order chi connectivity index (χ1) is 9.93. The SMILES string of the molecule is CC1CN(S(=O)(=O)c2ccc(C#CCO)cc2)CC(C)S1. The van der Waals surface area contributed by atoms with Gasteiger partial charge in [0, 0.05) is 29.2 Å². The largest absolute Gasteiger partial charge is 0.384 e. The van der Waals surface area contributed by atoms with Gasteiger partial charge in [-0.3, -0.25) is 0 Å². The molecular formula is C15H19NO3S2. The van der Waals surface area contributed by atoms with E-state index in [1.54, 1.807) is 28.6 Å². The summed E-state index contributed by atoms with van der Waals surface area (Å²) in [7, 11) is -3.44. The first kappa shape index (κ1) is 16.4. The van der Waals surface area contributed by atoms with Gasteiger partial charge in [-0.2, -0.15) is 16.1 Å². The van der Waals surface area contributed by atoms with E-state index in [0.29, 0.717) is 34.0 Å². The Morgan fingerprint density at radius 1 is 1.24 bits per heavy atom. The molecule has 2 rings (SSSR count). The molecule has 21 heavy (non-hydrogen) atoms. The van der Waals surface area contributed by atoms with Gasteiger partial charge in [0.25, 0.3) is 0 Å². The fourth-order valence-electron chi connectivity index (χ4n) is 2.33. The topological polar surface area (TPSA) is 57.6 Å². The Balaban J connectivity index is 2.23. The fraction of sp³-hybridized carbons (Fsp3) is 0.467. The van der Waals surface area contributed by atoms with Gasteiger partial charge in [-0.05, 0) is 24.3 Å². The van der Waals surface area contributed by atoms with Crippen LogP contribution in [0.5, 0.6) is 0 Å². The van der Waals surface area contributed by atoms with Gasteiger partial charge in [-0.15, -0.1) is 0 Å². The van der Waals surface area contributed by atoms with Crippen molar-refractivity contribution in [2.45, 2.75) is 29.2 Å². The molecule has 0 aliphatic carbocycles. The highest BCUT2D eigenvalue weighted by molar-refractivity contribution is 8.00. The van der Waals surface area contributed by atoms with Crippen LogP contribution in [0.1, 0.15) is 19.4 Å². The summed E-state index contributed by atoms with van der Waals surface area (Å²) in [5, 5.41) is 9.26. The molecule has 0 aromatic heterocycles. The predicted octanol–water partition coefficient (Wildman–Crippen LogP) is 1.54. The quantitative estimate of drug-likeness (QED) is 0.838. The van der Waals surface area contributed by atoms with Crippen molar-refractivity contribution in [3.8, 4) is 11.8 Å². The van der Waals surface area contributed by atoms with Crippen molar-refractivity contribution in [1.82, 2.24) is 4.31 Å². The van der Waals surface area contributed by atoms with Crippen LogP contribution in [0.2, 0.25) is 0 Å². The molecule has 114 valence electrons. The number of aliphatic hydroxyl groups excluding tert-OH is 1. The molecule has 0 bridgehead atoms. The maximum absolute atomic E-state index is 12.6. The van der Waals surface area contributed by atoms with Crippen LogP contribution in [0.15, 0.2) is 29.2 Å². The van der Waals surface area contributed by atoms with Gasteiger partial charge in [0.15, 0.2) is 0 Å². The molecule has 1 aromatic carbocycles. The molecule has 1 aromatic rings. The smallest absolute Gasteiger partial charge is 0.243 e. The highest BCUT2D eigenvalue weighted by Gasteiger charge is 2.31. The van der Waals surface area contributed by atoms with Crippen molar-refractivity contribution in [2.24, 2.45) is 0 Å². The summed E-state index contributed by atoms with van der Waals surface area (Å²) >= 11 is 1.82. The Morgan fingerprint density at radius 3 is 2.33 bits per heavy atom. The van der Waals surface area contributed by atoms with Crippen molar-refractivity contribution in [3.05, 3.63) is 29.8 Å². The zero-order chi connectivity index (χ0) is 15.5. The monoisotopic (exact) mass is 325 g/mol. The summed E-state index contributed by atoms with van der Waals surface area (Å²) in [5.74, 6) is 5.30.